The van der Waals surface area contributed by atoms with Gasteiger partial charge in [0.25, 0.3) is 0 Å². The highest BCUT2D eigenvalue weighted by Gasteiger charge is 2.00. The van der Waals surface area contributed by atoms with E-state index in [1.165, 1.54) is 0 Å². The van der Waals surface area contributed by atoms with Crippen LogP contribution in [-0.2, 0) is 11.2 Å². The molecule has 0 saturated carbocycles. The van der Waals surface area contributed by atoms with Crippen molar-refractivity contribution < 1.29 is 9.90 Å². The van der Waals surface area contributed by atoms with Crippen LogP contribution < -0.4 is 5.32 Å². The van der Waals surface area contributed by atoms with Crippen molar-refractivity contribution >= 4 is 5.91 Å². The van der Waals surface area contributed by atoms with E-state index in [4.69, 9.17) is 5.11 Å². The van der Waals surface area contributed by atoms with Gasteiger partial charge in [-0.05, 0) is 17.7 Å². The SMILES string of the molecule is CNC(=O)Cc1cccc(O)c1. The van der Waals surface area contributed by atoms with E-state index in [-0.39, 0.29) is 11.7 Å². The van der Waals surface area contributed by atoms with Crippen LogP contribution in [0.3, 0.4) is 0 Å². The molecule has 1 aromatic rings. The normalized spacial score (nSPS) is 9.42. The molecule has 1 aromatic carbocycles. The zero-order valence-corrected chi connectivity index (χ0v) is 6.87. The highest BCUT2D eigenvalue weighted by Crippen LogP contribution is 2.10. The maximum atomic E-state index is 10.9. The van der Waals surface area contributed by atoms with Gasteiger partial charge in [-0.25, -0.2) is 0 Å². The van der Waals surface area contributed by atoms with Crippen LogP contribution in [0.2, 0.25) is 0 Å². The maximum Gasteiger partial charge on any atom is 0.224 e. The molecule has 12 heavy (non-hydrogen) atoms. The van der Waals surface area contributed by atoms with Crippen molar-refractivity contribution in [1.29, 1.82) is 0 Å². The number of phenols is 1. The van der Waals surface area contributed by atoms with E-state index < -0.39 is 0 Å². The molecule has 0 saturated heterocycles. The fourth-order valence-electron chi connectivity index (χ4n) is 0.940. The Morgan fingerprint density at radius 2 is 2.33 bits per heavy atom. The second kappa shape index (κ2) is 3.76. The smallest absolute Gasteiger partial charge is 0.224 e. The van der Waals surface area contributed by atoms with E-state index in [1.54, 1.807) is 31.3 Å². The van der Waals surface area contributed by atoms with E-state index >= 15 is 0 Å². The average molecular weight is 165 g/mol. The van der Waals surface area contributed by atoms with E-state index in [1.807, 2.05) is 0 Å². The van der Waals surface area contributed by atoms with Gasteiger partial charge in [0.15, 0.2) is 0 Å². The third kappa shape index (κ3) is 2.27. The van der Waals surface area contributed by atoms with E-state index in [2.05, 4.69) is 5.32 Å². The number of likely N-dealkylation sites (N-methyl/N-ethyl adjacent to an activating group) is 1. The number of nitrogens with one attached hydrogen (secondary N) is 1. The lowest BCUT2D eigenvalue weighted by atomic mass is 10.1. The molecule has 3 heteroatoms. The molecule has 0 bridgehead atoms. The molecule has 1 rings (SSSR count). The van der Waals surface area contributed by atoms with Gasteiger partial charge in [-0.1, -0.05) is 12.1 Å². The van der Waals surface area contributed by atoms with Crippen molar-refractivity contribution in [1.82, 2.24) is 5.32 Å². The number of benzene rings is 1. The largest absolute Gasteiger partial charge is 0.508 e. The van der Waals surface area contributed by atoms with Crippen molar-refractivity contribution in [2.45, 2.75) is 6.42 Å². The van der Waals surface area contributed by atoms with Crippen LogP contribution in [0.15, 0.2) is 24.3 Å². The Balaban J connectivity index is 2.69. The molecule has 64 valence electrons. The third-order valence-electron chi connectivity index (χ3n) is 1.55. The summed E-state index contributed by atoms with van der Waals surface area (Å²) in [6.07, 6.45) is 0.310. The summed E-state index contributed by atoms with van der Waals surface area (Å²) in [5.41, 5.74) is 0.814. The van der Waals surface area contributed by atoms with Gasteiger partial charge in [0.2, 0.25) is 5.91 Å². The number of phenolic OH excluding ortho intramolecular Hbond substituents is 1. The Kier molecular flexibility index (Phi) is 2.69. The summed E-state index contributed by atoms with van der Waals surface area (Å²) in [5, 5.41) is 11.6. The summed E-state index contributed by atoms with van der Waals surface area (Å²) in [4.78, 5) is 10.9. The van der Waals surface area contributed by atoms with Gasteiger partial charge in [-0.2, -0.15) is 0 Å². The first-order chi connectivity index (χ1) is 5.72. The number of aromatic hydroxyl groups is 1. The van der Waals surface area contributed by atoms with Gasteiger partial charge in [-0.15, -0.1) is 0 Å². The standard InChI is InChI=1S/C9H11NO2/c1-10-9(12)6-7-3-2-4-8(11)5-7/h2-5,11H,6H2,1H3,(H,10,12). The van der Waals surface area contributed by atoms with E-state index in [0.717, 1.165) is 5.56 Å². The van der Waals surface area contributed by atoms with Crippen LogP contribution in [0.5, 0.6) is 5.75 Å². The van der Waals surface area contributed by atoms with E-state index in [0.29, 0.717) is 6.42 Å². The minimum Gasteiger partial charge on any atom is -0.508 e. The molecule has 0 radical (unpaired) electrons. The number of amides is 1. The average Bonchev–Trinajstić information content (AvgIpc) is 2.04. The fourth-order valence-corrected chi connectivity index (χ4v) is 0.940. The molecule has 0 unspecified atom stereocenters. The number of rotatable bonds is 2. The summed E-state index contributed by atoms with van der Waals surface area (Å²) in [5.74, 6) is 0.136. The number of carbonyl (C=O) groups is 1. The Morgan fingerprint density at radius 1 is 1.58 bits per heavy atom. The first-order valence-corrected chi connectivity index (χ1v) is 3.71. The molecule has 0 heterocycles. The molecule has 0 aromatic heterocycles. The predicted octanol–water partition coefficient (Wildman–Crippen LogP) is 0.681. The molecule has 3 nitrogen and oxygen atoms in total. The lowest BCUT2D eigenvalue weighted by Gasteiger charge is -1.99. The predicted molar refractivity (Wildman–Crippen MR) is 45.9 cm³/mol. The van der Waals surface area contributed by atoms with Crippen LogP contribution in [-0.4, -0.2) is 18.1 Å². The van der Waals surface area contributed by atoms with Gasteiger partial charge < -0.3 is 10.4 Å². The quantitative estimate of drug-likeness (QED) is 0.677. The molecule has 0 aliphatic rings. The van der Waals surface area contributed by atoms with Crippen molar-refractivity contribution in [2.24, 2.45) is 0 Å². The first kappa shape index (κ1) is 8.59. The van der Waals surface area contributed by atoms with Crippen LogP contribution in [0.25, 0.3) is 0 Å². The second-order valence-electron chi connectivity index (χ2n) is 2.52. The summed E-state index contributed by atoms with van der Waals surface area (Å²) in [7, 11) is 1.59. The summed E-state index contributed by atoms with van der Waals surface area (Å²) in [6, 6.07) is 6.67. The number of hydrogen-bond donors (Lipinski definition) is 2. The Labute approximate surface area is 71.0 Å². The summed E-state index contributed by atoms with van der Waals surface area (Å²) < 4.78 is 0. The van der Waals surface area contributed by atoms with Crippen LogP contribution in [0.4, 0.5) is 0 Å². The molecular weight excluding hydrogens is 154 g/mol. The lowest BCUT2D eigenvalue weighted by Crippen LogP contribution is -2.19. The van der Waals surface area contributed by atoms with Crippen LogP contribution >= 0.6 is 0 Å². The van der Waals surface area contributed by atoms with Gasteiger partial charge in [0.1, 0.15) is 5.75 Å². The molecule has 0 aliphatic carbocycles. The number of carbonyl (C=O) groups excluding carboxylic acids is 1. The minimum atomic E-state index is -0.0550. The molecule has 1 amide bonds. The van der Waals surface area contributed by atoms with Crippen LogP contribution in [0, 0.1) is 0 Å². The van der Waals surface area contributed by atoms with Crippen molar-refractivity contribution in [3.05, 3.63) is 29.8 Å². The summed E-state index contributed by atoms with van der Waals surface area (Å²) >= 11 is 0. The topological polar surface area (TPSA) is 49.3 Å². The lowest BCUT2D eigenvalue weighted by molar-refractivity contribution is -0.119. The third-order valence-corrected chi connectivity index (χ3v) is 1.55. The second-order valence-corrected chi connectivity index (χ2v) is 2.52. The van der Waals surface area contributed by atoms with Crippen molar-refractivity contribution in [3.8, 4) is 5.75 Å². The molecule has 2 N–H and O–H groups in total. The van der Waals surface area contributed by atoms with Crippen molar-refractivity contribution in [3.63, 3.8) is 0 Å². The zero-order chi connectivity index (χ0) is 8.97. The maximum absolute atomic E-state index is 10.9. The minimum absolute atomic E-state index is 0.0550. The first-order valence-electron chi connectivity index (χ1n) is 3.71. The monoisotopic (exact) mass is 165 g/mol. The molecule has 0 atom stereocenters. The Morgan fingerprint density at radius 3 is 2.92 bits per heavy atom. The highest BCUT2D eigenvalue weighted by atomic mass is 16.3. The van der Waals surface area contributed by atoms with Gasteiger partial charge >= 0.3 is 0 Å². The molecule has 0 aliphatic heterocycles. The molecular formula is C9H11NO2. The number of hydrogen-bond acceptors (Lipinski definition) is 2. The fraction of sp³-hybridized carbons (Fsp3) is 0.222. The molecule has 0 spiro atoms. The highest BCUT2D eigenvalue weighted by molar-refractivity contribution is 5.78. The Hall–Kier alpha value is -1.51. The summed E-state index contributed by atoms with van der Waals surface area (Å²) in [6.45, 7) is 0. The zero-order valence-electron chi connectivity index (χ0n) is 6.87. The van der Waals surface area contributed by atoms with Gasteiger partial charge in [-0.3, -0.25) is 4.79 Å². The van der Waals surface area contributed by atoms with Crippen molar-refractivity contribution in [2.75, 3.05) is 7.05 Å². The van der Waals surface area contributed by atoms with Gasteiger partial charge in [0, 0.05) is 7.05 Å². The Bertz CT molecular complexity index is 284. The van der Waals surface area contributed by atoms with E-state index in [9.17, 15) is 4.79 Å². The van der Waals surface area contributed by atoms with Crippen LogP contribution in [0.1, 0.15) is 5.56 Å². The van der Waals surface area contributed by atoms with Gasteiger partial charge in [0.05, 0.1) is 6.42 Å². The molecule has 0 fully saturated rings.